The van der Waals surface area contributed by atoms with E-state index < -0.39 is 206 Å². The molecule has 29 heteroatoms. The number of aliphatic hydroxyl groups is 3. The van der Waals surface area contributed by atoms with E-state index in [0.717, 1.165) is 4.90 Å². The van der Waals surface area contributed by atoms with Crippen molar-refractivity contribution in [2.24, 2.45) is 35.3 Å². The molecule has 1 saturated heterocycles. The number of aliphatic hydroxyl groups excluding tert-OH is 3. The van der Waals surface area contributed by atoms with E-state index in [1.807, 2.05) is 0 Å². The first-order valence-corrected chi connectivity index (χ1v) is 31.0. The van der Waals surface area contributed by atoms with Crippen LogP contribution < -0.4 is 42.4 Å². The van der Waals surface area contributed by atoms with Gasteiger partial charge in [0.2, 0.25) is 47.3 Å². The molecule has 0 radical (unpaired) electrons. The van der Waals surface area contributed by atoms with Crippen LogP contribution in [0.25, 0.3) is 10.9 Å². The van der Waals surface area contributed by atoms with Crippen molar-refractivity contribution < 1.29 is 86.9 Å². The van der Waals surface area contributed by atoms with E-state index in [-0.39, 0.29) is 41.4 Å². The SMILES string of the molecule is CC[C@H](C)[C@@H]1CC(=O)CNC(=O)[C@H]2CC(=O)[C@H]([C@@H](C)[C@@H](O)CO)NC(=O)[C@@H]3C[C@@H](O)CN3C(=O)[C@H](CC(N)=O)NC(=O)[C@H](CS(=O)c3[nH]c4c(CSCCCC(=O)CCCCNC(=O)CC(C)C(=O)O)c(OC)ccc4c3C2)NC(=O)CNC1=O. The number of aromatic amines is 1. The largest absolute Gasteiger partial charge is 0.496 e. The van der Waals surface area contributed by atoms with Crippen LogP contribution in [-0.4, -0.2) is 193 Å². The highest BCUT2D eigenvalue weighted by atomic mass is 32.2. The van der Waals surface area contributed by atoms with Gasteiger partial charge in [-0.2, -0.15) is 11.8 Å². The number of ether oxygens (including phenoxy) is 1. The molecule has 2 bridgehead atoms. The number of benzene rings is 1. The number of carboxylic acids is 1. The van der Waals surface area contributed by atoms with E-state index in [0.29, 0.717) is 60.2 Å². The summed E-state index contributed by atoms with van der Waals surface area (Å²) in [6, 6.07) is -3.75. The van der Waals surface area contributed by atoms with Gasteiger partial charge in [0.05, 0.1) is 79.5 Å². The highest BCUT2D eigenvalue weighted by molar-refractivity contribution is 7.98. The third-order valence-electron chi connectivity index (χ3n) is 15.7. The number of carbonyl (C=O) groups excluding carboxylic acids is 11. The number of primary amides is 1. The molecular formula is C56H81N9O18S2. The van der Waals surface area contributed by atoms with E-state index in [1.165, 1.54) is 32.7 Å². The second-order valence-electron chi connectivity index (χ2n) is 22.1. The molecule has 1 aromatic carbocycles. The van der Waals surface area contributed by atoms with Crippen molar-refractivity contribution in [3.8, 4) is 5.75 Å². The fraction of sp³-hybridized carbons (Fsp3) is 0.643. The van der Waals surface area contributed by atoms with Gasteiger partial charge in [-0.15, -0.1) is 0 Å². The van der Waals surface area contributed by atoms with Gasteiger partial charge < -0.3 is 72.7 Å². The number of H-pyrrole nitrogens is 1. The molecule has 0 saturated carbocycles. The highest BCUT2D eigenvalue weighted by Crippen LogP contribution is 2.37. The summed E-state index contributed by atoms with van der Waals surface area (Å²) in [5, 5.41) is 56.5. The first-order chi connectivity index (χ1) is 40.3. The number of nitrogens with one attached hydrogen (secondary N) is 7. The van der Waals surface area contributed by atoms with Crippen LogP contribution in [0, 0.1) is 29.6 Å². The van der Waals surface area contributed by atoms with Crippen LogP contribution in [0.3, 0.4) is 0 Å². The molecule has 13 N–H and O–H groups in total. The number of rotatable bonds is 22. The summed E-state index contributed by atoms with van der Waals surface area (Å²) >= 11 is 1.43. The molecule has 1 fully saturated rings. The Morgan fingerprint density at radius 1 is 0.906 bits per heavy atom. The molecule has 12 atom stereocenters. The Morgan fingerprint density at radius 3 is 2.28 bits per heavy atom. The maximum absolute atomic E-state index is 15.3. The number of ketones is 3. The Bertz CT molecular complexity index is 2850. The predicted octanol–water partition coefficient (Wildman–Crippen LogP) is -1.46. The lowest BCUT2D eigenvalue weighted by atomic mass is 9.85. The van der Waals surface area contributed by atoms with Crippen molar-refractivity contribution in [2.45, 2.75) is 152 Å². The van der Waals surface area contributed by atoms with Crippen molar-refractivity contribution in [2.75, 3.05) is 51.4 Å². The quantitative estimate of drug-likeness (QED) is 0.0600. The van der Waals surface area contributed by atoms with E-state index in [4.69, 9.17) is 15.6 Å². The Labute approximate surface area is 498 Å². The third-order valence-corrected chi connectivity index (χ3v) is 18.3. The molecule has 0 aliphatic carbocycles. The summed E-state index contributed by atoms with van der Waals surface area (Å²) in [7, 11) is -1.00. The third kappa shape index (κ3) is 19.3. The summed E-state index contributed by atoms with van der Waals surface area (Å²) < 4.78 is 21.1. The monoisotopic (exact) mass is 1230 g/mol. The Hall–Kier alpha value is -6.82. The molecule has 27 nitrogen and oxygen atoms in total. The van der Waals surface area contributed by atoms with Crippen LogP contribution in [-0.2, 0) is 80.5 Å². The highest BCUT2D eigenvalue weighted by Gasteiger charge is 2.45. The molecule has 4 heterocycles. The minimum absolute atomic E-state index is 0.000214. The maximum Gasteiger partial charge on any atom is 0.306 e. The lowest BCUT2D eigenvalue weighted by Gasteiger charge is -2.32. The lowest BCUT2D eigenvalue weighted by Crippen LogP contribution is -2.60. The zero-order valence-corrected chi connectivity index (χ0v) is 50.1. The second-order valence-corrected chi connectivity index (χ2v) is 24.7. The van der Waals surface area contributed by atoms with Gasteiger partial charge >= 0.3 is 5.97 Å². The summed E-state index contributed by atoms with van der Waals surface area (Å²) in [5.41, 5.74) is 6.62. The molecule has 470 valence electrons. The first-order valence-electron chi connectivity index (χ1n) is 28.5. The van der Waals surface area contributed by atoms with Crippen molar-refractivity contribution in [3.63, 3.8) is 0 Å². The van der Waals surface area contributed by atoms with Gasteiger partial charge in [-0.1, -0.05) is 34.1 Å². The van der Waals surface area contributed by atoms with Crippen LogP contribution in [0.1, 0.15) is 109 Å². The number of hydrogen-bond acceptors (Lipinski definition) is 18. The Morgan fingerprint density at radius 2 is 1.61 bits per heavy atom. The zero-order chi connectivity index (χ0) is 62.8. The van der Waals surface area contributed by atoms with Crippen molar-refractivity contribution in [1.29, 1.82) is 0 Å². The van der Waals surface area contributed by atoms with Crippen LogP contribution in [0.2, 0.25) is 0 Å². The van der Waals surface area contributed by atoms with E-state index in [9.17, 15) is 72.9 Å². The lowest BCUT2D eigenvalue weighted by molar-refractivity contribution is -0.144. The van der Waals surface area contributed by atoms with Crippen molar-refractivity contribution in [1.82, 2.24) is 41.8 Å². The smallest absolute Gasteiger partial charge is 0.306 e. The predicted molar refractivity (Wildman–Crippen MR) is 308 cm³/mol. The minimum atomic E-state index is -2.43. The van der Waals surface area contributed by atoms with Gasteiger partial charge in [0.1, 0.15) is 34.7 Å². The summed E-state index contributed by atoms with van der Waals surface area (Å²) in [4.78, 5) is 167. The normalized spacial score (nSPS) is 24.8. The number of fused-ring (bicyclic) bond motifs is 5. The summed E-state index contributed by atoms with van der Waals surface area (Å²) in [5.74, 6) is -14.6. The van der Waals surface area contributed by atoms with Gasteiger partial charge in [-0.3, -0.25) is 61.7 Å². The number of carboxylic acid groups (broad SMARTS) is 1. The Balaban J connectivity index is 1.61. The number of amides is 8. The molecular weight excluding hydrogens is 1150 g/mol. The van der Waals surface area contributed by atoms with Crippen molar-refractivity contribution >= 4 is 104 Å². The molecule has 3 aliphatic rings. The number of thioether (sulfide) groups is 1. The number of hydrogen-bond donors (Lipinski definition) is 12. The average Bonchev–Trinajstić information content (AvgIpc) is 1.94. The fourth-order valence-corrected chi connectivity index (χ4v) is 12.9. The molecule has 0 spiro atoms. The molecule has 85 heavy (non-hydrogen) atoms. The molecule has 8 amide bonds. The molecule has 3 aliphatic heterocycles. The maximum atomic E-state index is 15.3. The standard InChI is InChI=1S/C56H81N9O18S2/c1-6-28(2)36-19-33(68)22-59-50(75)31-17-37-35-12-13-44(83-5)38(26-84-15-9-11-32(67)10-7-8-14-58-46(73)16-29(3)56(80)81)49(35)64-54(37)85(82)27-40(61-47(74)23-60-51(36)76)52(77)62-39(21-45(57)72)55(79)65-24-34(69)20-41(65)53(78)63-48(42(70)18-31)30(4)43(71)25-66/h12-13,28-31,34,36,39-41,43,48,64,66,69,71H,6-11,14-27H2,1-5H3,(H2,57,72)(H,58,73)(H,59,75)(H,60,76)(H,61,74)(H,62,77)(H,63,78)(H,80,81)/t28-,29?,30-,31+,34+,36-,39-,40-,41-,43-,48-,85?/m0/s1. The second kappa shape index (κ2) is 32.6. The van der Waals surface area contributed by atoms with Gasteiger partial charge in [0.15, 0.2) is 11.6 Å². The molecule has 1 aromatic heterocycles. The molecule has 2 unspecified atom stereocenters. The molecule has 5 rings (SSSR count). The topological polar surface area (TPSA) is 429 Å². The van der Waals surface area contributed by atoms with Crippen LogP contribution in [0.15, 0.2) is 17.2 Å². The number of Topliss-reactive ketones (excluding diaryl/α,β-unsaturated/α-hetero) is 3. The van der Waals surface area contributed by atoms with Crippen molar-refractivity contribution in [3.05, 3.63) is 23.3 Å². The van der Waals surface area contributed by atoms with Gasteiger partial charge in [-0.25, -0.2) is 0 Å². The number of aliphatic carboxylic acids is 1. The number of nitrogens with zero attached hydrogens (tertiary/aromatic N) is 1. The number of unbranched alkanes of at least 4 members (excludes halogenated alkanes) is 1. The van der Waals surface area contributed by atoms with Gasteiger partial charge in [-0.05, 0) is 55.1 Å². The van der Waals surface area contributed by atoms with Gasteiger partial charge in [0, 0.05) is 86.1 Å². The minimum Gasteiger partial charge on any atom is -0.496 e. The summed E-state index contributed by atoms with van der Waals surface area (Å²) in [6.45, 7) is 3.78. The van der Waals surface area contributed by atoms with E-state index in [2.05, 4.69) is 36.9 Å². The Kier molecular flexibility index (Phi) is 26.5. The molecule has 2 aromatic rings. The summed E-state index contributed by atoms with van der Waals surface area (Å²) in [6.07, 6.45) is -3.58. The van der Waals surface area contributed by atoms with Crippen LogP contribution in [0.5, 0.6) is 5.75 Å². The number of aromatic nitrogens is 1. The number of nitrogens with two attached hydrogens (primary N) is 1. The van der Waals surface area contributed by atoms with E-state index >= 15 is 4.21 Å². The average molecular weight is 1230 g/mol. The number of carbonyl (C=O) groups is 12. The van der Waals surface area contributed by atoms with E-state index in [1.54, 1.807) is 26.0 Å². The van der Waals surface area contributed by atoms with Crippen LogP contribution in [0.4, 0.5) is 0 Å². The van der Waals surface area contributed by atoms with Crippen LogP contribution >= 0.6 is 11.8 Å². The number of methoxy groups -OCH3 is 1. The zero-order valence-electron chi connectivity index (χ0n) is 48.5. The fourth-order valence-electron chi connectivity index (χ4n) is 10.5. The first kappa shape index (κ1) is 69.0. The van der Waals surface area contributed by atoms with Gasteiger partial charge in [0.25, 0.3) is 0 Å².